The van der Waals surface area contributed by atoms with Crippen LogP contribution in [0.4, 0.5) is 0 Å². The molecule has 0 aromatic rings. The summed E-state index contributed by atoms with van der Waals surface area (Å²) in [5.74, 6) is 0. The molecule has 0 amide bonds. The Morgan fingerprint density at radius 1 is 1.00 bits per heavy atom. The summed E-state index contributed by atoms with van der Waals surface area (Å²) < 4.78 is 8.88. The molecule has 0 aromatic carbocycles. The van der Waals surface area contributed by atoms with Crippen molar-refractivity contribution in [1.82, 2.24) is 14.8 Å². The molecule has 23 heavy (non-hydrogen) atoms. The van der Waals surface area contributed by atoms with Gasteiger partial charge in [-0.15, -0.1) is 0 Å². The highest BCUT2D eigenvalue weighted by molar-refractivity contribution is 6.73. The van der Waals surface area contributed by atoms with Gasteiger partial charge in [0.05, 0.1) is 0 Å². The van der Waals surface area contributed by atoms with E-state index in [1.165, 1.54) is 51.5 Å². The lowest BCUT2D eigenvalue weighted by atomic mass is 10.3. The van der Waals surface area contributed by atoms with E-state index in [-0.39, 0.29) is 0 Å². The van der Waals surface area contributed by atoms with Crippen LogP contribution in [0.3, 0.4) is 0 Å². The van der Waals surface area contributed by atoms with Gasteiger partial charge in [-0.25, -0.2) is 0 Å². The Labute approximate surface area is 147 Å². The predicted octanol–water partition coefficient (Wildman–Crippen LogP) is 3.05. The van der Waals surface area contributed by atoms with E-state index in [0.29, 0.717) is 0 Å². The van der Waals surface area contributed by atoms with Crippen LogP contribution in [0.2, 0.25) is 38.8 Å². The van der Waals surface area contributed by atoms with Crippen LogP contribution < -0.4 is 5.32 Å². The molecule has 4 nitrogen and oxygen atoms in total. The van der Waals surface area contributed by atoms with E-state index in [1.54, 1.807) is 0 Å². The van der Waals surface area contributed by atoms with E-state index in [2.05, 4.69) is 54.6 Å². The maximum atomic E-state index is 6.29. The predicted molar refractivity (Wildman–Crippen MR) is 107 cm³/mol. The molecule has 1 N–H and O–H groups in total. The SMILES string of the molecule is CN(CCCC[Si](C)(C)OCCCN1CCNCC1)[Si](C)(C)C. The fourth-order valence-electron chi connectivity index (χ4n) is 2.88. The fourth-order valence-corrected chi connectivity index (χ4v) is 5.65. The van der Waals surface area contributed by atoms with Gasteiger partial charge in [-0.2, -0.15) is 0 Å². The molecule has 0 bridgehead atoms. The molecule has 0 aliphatic carbocycles. The van der Waals surface area contributed by atoms with Gasteiger partial charge in [-0.3, -0.25) is 0 Å². The normalized spacial score (nSPS) is 17.9. The van der Waals surface area contributed by atoms with Crippen molar-refractivity contribution in [2.24, 2.45) is 0 Å². The largest absolute Gasteiger partial charge is 0.417 e. The van der Waals surface area contributed by atoms with Crippen LogP contribution in [0.25, 0.3) is 0 Å². The van der Waals surface area contributed by atoms with Gasteiger partial charge >= 0.3 is 0 Å². The average Bonchev–Trinajstić information content (AvgIpc) is 2.48. The lowest BCUT2D eigenvalue weighted by Crippen LogP contribution is -2.44. The molecule has 0 aromatic heterocycles. The number of nitrogens with zero attached hydrogens (tertiary/aromatic N) is 2. The lowest BCUT2D eigenvalue weighted by molar-refractivity contribution is 0.211. The van der Waals surface area contributed by atoms with Crippen molar-refractivity contribution in [2.45, 2.75) is 58.0 Å². The summed E-state index contributed by atoms with van der Waals surface area (Å²) in [6.07, 6.45) is 3.84. The third kappa shape index (κ3) is 9.99. The zero-order chi connectivity index (χ0) is 17.3. The first kappa shape index (κ1) is 21.3. The van der Waals surface area contributed by atoms with Crippen LogP contribution in [-0.2, 0) is 4.43 Å². The summed E-state index contributed by atoms with van der Waals surface area (Å²) in [4.78, 5) is 2.56. The molecule has 1 aliphatic rings. The summed E-state index contributed by atoms with van der Waals surface area (Å²) >= 11 is 0. The van der Waals surface area contributed by atoms with Gasteiger partial charge in [0.25, 0.3) is 0 Å². The summed E-state index contributed by atoms with van der Waals surface area (Å²) in [5.41, 5.74) is 0. The topological polar surface area (TPSA) is 27.7 Å². The fraction of sp³-hybridized carbons (Fsp3) is 1.00. The van der Waals surface area contributed by atoms with Crippen molar-refractivity contribution in [1.29, 1.82) is 0 Å². The summed E-state index contributed by atoms with van der Waals surface area (Å²) in [6.45, 7) is 20.2. The van der Waals surface area contributed by atoms with Crippen molar-refractivity contribution < 1.29 is 4.43 Å². The first-order chi connectivity index (χ1) is 10.7. The Kier molecular flexibility index (Phi) is 9.55. The van der Waals surface area contributed by atoms with Gasteiger partial charge in [-0.05, 0) is 45.6 Å². The minimum atomic E-state index is -1.45. The molecule has 0 saturated carbocycles. The molecule has 138 valence electrons. The van der Waals surface area contributed by atoms with E-state index in [9.17, 15) is 0 Å². The molecule has 1 saturated heterocycles. The number of rotatable bonds is 11. The third-order valence-electron chi connectivity index (χ3n) is 4.99. The average molecular weight is 360 g/mol. The smallest absolute Gasteiger partial charge is 0.186 e. The van der Waals surface area contributed by atoms with Gasteiger partial charge in [0.15, 0.2) is 8.32 Å². The highest BCUT2D eigenvalue weighted by Crippen LogP contribution is 2.17. The molecular formula is C17H41N3OSi2. The first-order valence-corrected chi connectivity index (χ1v) is 16.1. The minimum absolute atomic E-state index is 0.956. The van der Waals surface area contributed by atoms with E-state index in [0.717, 1.165) is 19.7 Å². The molecule has 0 spiro atoms. The molecule has 1 aliphatic heterocycles. The quantitative estimate of drug-likeness (QED) is 0.453. The number of nitrogens with one attached hydrogen (secondary N) is 1. The maximum Gasteiger partial charge on any atom is 0.186 e. The Bertz CT molecular complexity index is 315. The van der Waals surface area contributed by atoms with E-state index < -0.39 is 16.6 Å². The van der Waals surface area contributed by atoms with Crippen LogP contribution >= 0.6 is 0 Å². The van der Waals surface area contributed by atoms with Gasteiger partial charge in [0, 0.05) is 39.3 Å². The van der Waals surface area contributed by atoms with E-state index in [1.807, 2.05) is 0 Å². The molecule has 6 heteroatoms. The number of unbranched alkanes of at least 4 members (excludes halogenated alkanes) is 1. The van der Waals surface area contributed by atoms with Crippen molar-refractivity contribution >= 4 is 16.6 Å². The van der Waals surface area contributed by atoms with Crippen LogP contribution in [0, 0.1) is 0 Å². The van der Waals surface area contributed by atoms with Crippen LogP contribution in [-0.4, -0.2) is 78.9 Å². The second-order valence-electron chi connectivity index (χ2n) is 8.60. The summed E-state index contributed by atoms with van der Waals surface area (Å²) in [5, 5.41) is 3.41. The standard InChI is InChI=1S/C17H41N3OSi2/c1-19(22(2,3)4)12-7-8-17-23(5,6)21-16-9-13-20-14-10-18-11-15-20/h18H,7-17H2,1-6H3. The molecule has 1 rings (SSSR count). The van der Waals surface area contributed by atoms with Crippen molar-refractivity contribution in [3.63, 3.8) is 0 Å². The Morgan fingerprint density at radius 2 is 1.65 bits per heavy atom. The Balaban J connectivity index is 2.06. The summed E-state index contributed by atoms with van der Waals surface area (Å²) in [7, 11) is -0.248. The van der Waals surface area contributed by atoms with E-state index >= 15 is 0 Å². The zero-order valence-electron chi connectivity index (χ0n) is 16.6. The van der Waals surface area contributed by atoms with Crippen molar-refractivity contribution in [3.05, 3.63) is 0 Å². The van der Waals surface area contributed by atoms with Gasteiger partial charge in [0.2, 0.25) is 0 Å². The number of hydrogen-bond donors (Lipinski definition) is 1. The molecule has 0 radical (unpaired) electrons. The zero-order valence-corrected chi connectivity index (χ0v) is 18.6. The number of piperazine rings is 1. The highest BCUT2D eigenvalue weighted by atomic mass is 28.4. The maximum absolute atomic E-state index is 6.29. The number of hydrogen-bond acceptors (Lipinski definition) is 4. The molecule has 0 unspecified atom stereocenters. The van der Waals surface area contributed by atoms with Crippen molar-refractivity contribution in [2.75, 3.05) is 52.9 Å². The van der Waals surface area contributed by atoms with E-state index in [4.69, 9.17) is 4.43 Å². The Hall–Kier alpha value is 0.274. The van der Waals surface area contributed by atoms with Gasteiger partial charge in [-0.1, -0.05) is 26.1 Å². The molecular weight excluding hydrogens is 318 g/mol. The molecule has 1 heterocycles. The summed E-state index contributed by atoms with van der Waals surface area (Å²) in [6, 6.07) is 1.31. The first-order valence-electron chi connectivity index (χ1n) is 9.49. The second-order valence-corrected chi connectivity index (χ2v) is 18.0. The minimum Gasteiger partial charge on any atom is -0.417 e. The molecule has 1 fully saturated rings. The van der Waals surface area contributed by atoms with Crippen LogP contribution in [0.15, 0.2) is 0 Å². The van der Waals surface area contributed by atoms with Gasteiger partial charge < -0.3 is 19.2 Å². The Morgan fingerprint density at radius 3 is 2.26 bits per heavy atom. The van der Waals surface area contributed by atoms with Crippen LogP contribution in [0.1, 0.15) is 19.3 Å². The van der Waals surface area contributed by atoms with Gasteiger partial charge in [0.1, 0.15) is 8.24 Å². The molecule has 0 atom stereocenters. The van der Waals surface area contributed by atoms with Crippen molar-refractivity contribution in [3.8, 4) is 0 Å². The highest BCUT2D eigenvalue weighted by Gasteiger charge is 2.23. The third-order valence-corrected chi connectivity index (χ3v) is 10.0. The monoisotopic (exact) mass is 359 g/mol. The van der Waals surface area contributed by atoms with Crippen LogP contribution in [0.5, 0.6) is 0 Å². The second kappa shape index (κ2) is 10.3. The lowest BCUT2D eigenvalue weighted by Gasteiger charge is -2.30.